The van der Waals surface area contributed by atoms with E-state index in [2.05, 4.69) is 10.5 Å². The van der Waals surface area contributed by atoms with Gasteiger partial charge in [-0.15, -0.1) is 0 Å². The number of methoxy groups -OCH3 is 1. The molecule has 0 aliphatic rings. The molecule has 0 saturated carbocycles. The third kappa shape index (κ3) is 5.27. The molecule has 0 aliphatic carbocycles. The highest BCUT2D eigenvalue weighted by Gasteiger charge is 2.14. The minimum absolute atomic E-state index is 0.107. The van der Waals surface area contributed by atoms with Gasteiger partial charge >= 0.3 is 0 Å². The number of phenols is 1. The monoisotopic (exact) mass is 478 g/mol. The highest BCUT2D eigenvalue weighted by Crippen LogP contribution is 2.36. The zero-order chi connectivity index (χ0) is 24.1. The molecule has 6 nitrogen and oxygen atoms in total. The van der Waals surface area contributed by atoms with Crippen LogP contribution in [0, 0.1) is 5.82 Å². The number of carbonyl (C=O) groups is 1. The molecule has 34 heavy (non-hydrogen) atoms. The van der Waals surface area contributed by atoms with Crippen molar-refractivity contribution < 1.29 is 23.8 Å². The van der Waals surface area contributed by atoms with Crippen LogP contribution in [0.5, 0.6) is 17.2 Å². The predicted molar refractivity (Wildman–Crippen MR) is 129 cm³/mol. The lowest BCUT2D eigenvalue weighted by atomic mass is 10.1. The van der Waals surface area contributed by atoms with Gasteiger partial charge in [-0.2, -0.15) is 5.10 Å². The molecule has 0 heterocycles. The van der Waals surface area contributed by atoms with Crippen molar-refractivity contribution >= 4 is 34.5 Å². The number of halogens is 2. The smallest absolute Gasteiger partial charge is 0.275 e. The van der Waals surface area contributed by atoms with Gasteiger partial charge in [0.15, 0.2) is 11.5 Å². The summed E-state index contributed by atoms with van der Waals surface area (Å²) in [4.78, 5) is 12.5. The molecule has 1 amide bonds. The van der Waals surface area contributed by atoms with Crippen LogP contribution in [0.25, 0.3) is 10.8 Å². The van der Waals surface area contributed by atoms with Gasteiger partial charge in [-0.25, -0.2) is 9.82 Å². The lowest BCUT2D eigenvalue weighted by Crippen LogP contribution is -2.17. The highest BCUT2D eigenvalue weighted by molar-refractivity contribution is 6.32. The first-order valence-corrected chi connectivity index (χ1v) is 10.6. The molecule has 8 heteroatoms. The second-order valence-electron chi connectivity index (χ2n) is 7.36. The van der Waals surface area contributed by atoms with Crippen molar-refractivity contribution in [3.8, 4) is 17.2 Å². The van der Waals surface area contributed by atoms with E-state index < -0.39 is 5.91 Å². The maximum absolute atomic E-state index is 13.1. The fraction of sp³-hybridized carbons (Fsp3) is 0.0769. The van der Waals surface area contributed by atoms with E-state index in [0.29, 0.717) is 17.1 Å². The number of nitrogens with one attached hydrogen (secondary N) is 1. The number of fused-ring (bicyclic) bond motifs is 1. The van der Waals surface area contributed by atoms with E-state index >= 15 is 0 Å². The van der Waals surface area contributed by atoms with Crippen LogP contribution in [-0.4, -0.2) is 24.3 Å². The summed E-state index contributed by atoms with van der Waals surface area (Å²) in [5.41, 5.74) is 3.83. The largest absolute Gasteiger partial charge is 0.507 e. The van der Waals surface area contributed by atoms with Crippen LogP contribution < -0.4 is 14.9 Å². The Labute approximate surface area is 200 Å². The summed E-state index contributed by atoms with van der Waals surface area (Å²) in [6.45, 7) is 0.176. The highest BCUT2D eigenvalue weighted by atomic mass is 35.5. The van der Waals surface area contributed by atoms with Gasteiger partial charge in [0.1, 0.15) is 18.2 Å². The van der Waals surface area contributed by atoms with E-state index in [1.165, 1.54) is 31.5 Å². The molecular weight excluding hydrogens is 459 g/mol. The first kappa shape index (κ1) is 23.1. The summed E-state index contributed by atoms with van der Waals surface area (Å²) in [5, 5.41) is 16.1. The SMILES string of the molecule is COc1cc(C=NNC(=O)c2cc3ccccc3cc2O)cc(Cl)c1OCc1ccc(F)cc1. The molecule has 0 aromatic heterocycles. The van der Waals surface area contributed by atoms with E-state index in [1.54, 1.807) is 30.3 Å². The van der Waals surface area contributed by atoms with Crippen LogP contribution in [0.2, 0.25) is 5.02 Å². The first-order chi connectivity index (χ1) is 16.4. The molecule has 0 bridgehead atoms. The minimum atomic E-state index is -0.559. The van der Waals surface area contributed by atoms with Crippen LogP contribution >= 0.6 is 11.6 Å². The average Bonchev–Trinajstić information content (AvgIpc) is 2.83. The maximum Gasteiger partial charge on any atom is 0.275 e. The average molecular weight is 479 g/mol. The Bertz CT molecular complexity index is 1370. The fourth-order valence-corrected chi connectivity index (χ4v) is 3.60. The van der Waals surface area contributed by atoms with Crippen molar-refractivity contribution in [2.24, 2.45) is 5.10 Å². The quantitative estimate of drug-likeness (QED) is 0.264. The molecule has 0 aliphatic heterocycles. The number of ether oxygens (including phenoxy) is 2. The lowest BCUT2D eigenvalue weighted by Gasteiger charge is -2.13. The maximum atomic E-state index is 13.1. The molecule has 2 N–H and O–H groups in total. The second-order valence-corrected chi connectivity index (χ2v) is 7.77. The summed E-state index contributed by atoms with van der Waals surface area (Å²) in [6, 6.07) is 19.7. The van der Waals surface area contributed by atoms with E-state index in [-0.39, 0.29) is 28.8 Å². The number of carbonyl (C=O) groups excluding carboxylic acids is 1. The molecule has 0 radical (unpaired) electrons. The predicted octanol–water partition coefficient (Wildman–Crippen LogP) is 5.69. The molecule has 4 aromatic carbocycles. The number of amides is 1. The van der Waals surface area contributed by atoms with E-state index in [9.17, 15) is 14.3 Å². The van der Waals surface area contributed by atoms with Crippen LogP contribution in [0.15, 0.2) is 77.9 Å². The Hall–Kier alpha value is -4.10. The standard InChI is InChI=1S/C26H20ClFN2O4/c1-33-24-11-17(10-22(27)25(24)34-15-16-6-8-20(28)9-7-16)14-29-30-26(32)21-12-18-4-2-3-5-19(18)13-23(21)31/h2-14,31H,15H2,1H3,(H,30,32). The number of rotatable bonds is 7. The number of aromatic hydroxyl groups is 1. The van der Waals surface area contributed by atoms with Crippen molar-refractivity contribution in [2.75, 3.05) is 7.11 Å². The van der Waals surface area contributed by atoms with Crippen LogP contribution in [0.1, 0.15) is 21.5 Å². The van der Waals surface area contributed by atoms with Gasteiger partial charge in [-0.1, -0.05) is 48.0 Å². The van der Waals surface area contributed by atoms with E-state index in [1.807, 2.05) is 24.3 Å². The van der Waals surface area contributed by atoms with E-state index in [0.717, 1.165) is 16.3 Å². The summed E-state index contributed by atoms with van der Waals surface area (Å²) in [6.07, 6.45) is 1.40. The zero-order valence-electron chi connectivity index (χ0n) is 18.1. The second kappa shape index (κ2) is 10.2. The summed E-state index contributed by atoms with van der Waals surface area (Å²) < 4.78 is 24.2. The lowest BCUT2D eigenvalue weighted by molar-refractivity contribution is 0.0952. The molecule has 4 aromatic rings. The van der Waals surface area contributed by atoms with Gasteiger partial charge in [-0.05, 0) is 58.3 Å². The molecule has 0 unspecified atom stereocenters. The Kier molecular flexibility index (Phi) is 6.94. The molecule has 4 rings (SSSR count). The van der Waals surface area contributed by atoms with Gasteiger partial charge in [0.05, 0.1) is 23.9 Å². The fourth-order valence-electron chi connectivity index (χ4n) is 3.33. The van der Waals surface area contributed by atoms with Crippen molar-refractivity contribution in [3.63, 3.8) is 0 Å². The summed E-state index contributed by atoms with van der Waals surface area (Å²) in [5.74, 6) is -0.327. The van der Waals surface area contributed by atoms with Crippen molar-refractivity contribution in [2.45, 2.75) is 6.61 Å². The summed E-state index contributed by atoms with van der Waals surface area (Å²) >= 11 is 6.37. The van der Waals surface area contributed by atoms with Crippen LogP contribution in [-0.2, 0) is 6.61 Å². The number of phenolic OH excluding ortho intramolecular Hbond substituents is 1. The van der Waals surface area contributed by atoms with Crippen LogP contribution in [0.4, 0.5) is 4.39 Å². The normalized spacial score (nSPS) is 11.0. The molecule has 0 saturated heterocycles. The van der Waals surface area contributed by atoms with Gasteiger partial charge in [0, 0.05) is 0 Å². The molecule has 0 spiro atoms. The van der Waals surface area contributed by atoms with Gasteiger partial charge in [0.2, 0.25) is 0 Å². The number of hydrogen-bond donors (Lipinski definition) is 2. The first-order valence-electron chi connectivity index (χ1n) is 10.2. The number of hydrogen-bond acceptors (Lipinski definition) is 5. The van der Waals surface area contributed by atoms with Crippen LogP contribution in [0.3, 0.4) is 0 Å². The topological polar surface area (TPSA) is 80.2 Å². The number of hydrazone groups is 1. The molecule has 0 atom stereocenters. The Morgan fingerprint density at radius 1 is 1.09 bits per heavy atom. The minimum Gasteiger partial charge on any atom is -0.507 e. The van der Waals surface area contributed by atoms with Gasteiger partial charge in [0.25, 0.3) is 5.91 Å². The Morgan fingerprint density at radius 2 is 1.79 bits per heavy atom. The van der Waals surface area contributed by atoms with Crippen molar-refractivity contribution in [1.82, 2.24) is 5.43 Å². The Morgan fingerprint density at radius 3 is 2.50 bits per heavy atom. The third-order valence-electron chi connectivity index (χ3n) is 5.04. The third-order valence-corrected chi connectivity index (χ3v) is 5.32. The van der Waals surface area contributed by atoms with Gasteiger partial charge < -0.3 is 14.6 Å². The summed E-state index contributed by atoms with van der Waals surface area (Å²) in [7, 11) is 1.47. The number of benzene rings is 4. The van der Waals surface area contributed by atoms with E-state index in [4.69, 9.17) is 21.1 Å². The Balaban J connectivity index is 1.46. The molecular formula is C26H20ClFN2O4. The zero-order valence-corrected chi connectivity index (χ0v) is 18.8. The number of nitrogens with zero attached hydrogens (tertiary/aromatic N) is 1. The molecule has 172 valence electrons. The van der Waals surface area contributed by atoms with Crippen molar-refractivity contribution in [3.05, 3.63) is 100 Å². The van der Waals surface area contributed by atoms with Crippen molar-refractivity contribution in [1.29, 1.82) is 0 Å². The molecule has 0 fully saturated rings. The van der Waals surface area contributed by atoms with Gasteiger partial charge in [-0.3, -0.25) is 4.79 Å².